The van der Waals surface area contributed by atoms with Gasteiger partial charge in [-0.15, -0.1) is 0 Å². The maximum Gasteiger partial charge on any atom is 0.293 e. The van der Waals surface area contributed by atoms with Crippen molar-refractivity contribution in [2.75, 3.05) is 6.61 Å². The summed E-state index contributed by atoms with van der Waals surface area (Å²) in [5, 5.41) is 0. The first-order chi connectivity index (χ1) is 8.17. The summed E-state index contributed by atoms with van der Waals surface area (Å²) in [6.45, 7) is 4.52. The van der Waals surface area contributed by atoms with Crippen molar-refractivity contribution in [3.05, 3.63) is 35.9 Å². The van der Waals surface area contributed by atoms with E-state index in [0.29, 0.717) is 18.6 Å². The van der Waals surface area contributed by atoms with E-state index in [0.717, 1.165) is 11.2 Å². The van der Waals surface area contributed by atoms with Crippen molar-refractivity contribution in [1.29, 1.82) is 0 Å². The van der Waals surface area contributed by atoms with Crippen molar-refractivity contribution in [2.45, 2.75) is 13.8 Å². The van der Waals surface area contributed by atoms with E-state index in [1.807, 2.05) is 6.92 Å². The van der Waals surface area contributed by atoms with Gasteiger partial charge in [-0.25, -0.2) is 9.37 Å². The smallest absolute Gasteiger partial charge is 0.293 e. The predicted octanol–water partition coefficient (Wildman–Crippen LogP) is 2.26. The van der Waals surface area contributed by atoms with Crippen LogP contribution in [0.2, 0.25) is 0 Å². The van der Waals surface area contributed by atoms with Crippen molar-refractivity contribution in [3.8, 4) is 0 Å². The lowest BCUT2D eigenvalue weighted by Crippen LogP contribution is -1.87. The number of halogens is 1. The molecule has 90 valence electrons. The number of carbonyl (C=O) groups excluding carboxylic acids is 1. The highest BCUT2D eigenvalue weighted by Gasteiger charge is 1.97. The molecule has 0 saturated heterocycles. The van der Waals surface area contributed by atoms with Crippen LogP contribution < -0.4 is 0 Å². The van der Waals surface area contributed by atoms with Crippen molar-refractivity contribution in [2.24, 2.45) is 0 Å². The number of aromatic nitrogens is 2. The van der Waals surface area contributed by atoms with E-state index in [4.69, 9.17) is 0 Å². The molecule has 0 aliphatic heterocycles. The van der Waals surface area contributed by atoms with Crippen LogP contribution in [0.1, 0.15) is 12.6 Å². The minimum Gasteiger partial charge on any atom is -0.468 e. The molecule has 0 N–H and O–H groups in total. The zero-order valence-electron chi connectivity index (χ0n) is 9.68. The monoisotopic (exact) mass is 236 g/mol. The molecule has 0 spiro atoms. The molecular formula is C12H13FN2O2. The van der Waals surface area contributed by atoms with Crippen LogP contribution in [-0.2, 0) is 9.53 Å². The lowest BCUT2D eigenvalue weighted by Gasteiger charge is -1.96. The highest BCUT2D eigenvalue weighted by atomic mass is 19.1. The second-order valence-electron chi connectivity index (χ2n) is 3.20. The van der Waals surface area contributed by atoms with Gasteiger partial charge in [0.25, 0.3) is 6.47 Å². The highest BCUT2D eigenvalue weighted by molar-refractivity contribution is 5.73. The molecule has 4 nitrogen and oxygen atoms in total. The van der Waals surface area contributed by atoms with Gasteiger partial charge in [0, 0.05) is 12.3 Å². The molecule has 0 aliphatic carbocycles. The van der Waals surface area contributed by atoms with E-state index in [9.17, 15) is 9.18 Å². The molecule has 5 heteroatoms. The maximum atomic E-state index is 12.7. The second-order valence-corrected chi connectivity index (χ2v) is 3.20. The summed E-state index contributed by atoms with van der Waals surface area (Å²) in [5.74, 6) is -0.277. The average Bonchev–Trinajstić information content (AvgIpc) is 2.31. The average molecular weight is 236 g/mol. The summed E-state index contributed by atoms with van der Waals surface area (Å²) in [5.41, 5.74) is 2.17. The first-order valence-corrected chi connectivity index (χ1v) is 5.11. The normalized spacial score (nSPS) is 9.35. The summed E-state index contributed by atoms with van der Waals surface area (Å²) in [6.07, 6.45) is 1.63. The van der Waals surface area contributed by atoms with Gasteiger partial charge in [0.05, 0.1) is 23.3 Å². The SMILES string of the molecule is CCOC=O.Cc1cnc2cc(F)ccc2n1. The van der Waals surface area contributed by atoms with E-state index in [2.05, 4.69) is 14.7 Å². The summed E-state index contributed by atoms with van der Waals surface area (Å²) in [4.78, 5) is 17.4. The van der Waals surface area contributed by atoms with E-state index in [1.54, 1.807) is 19.2 Å². The number of aryl methyl sites for hydroxylation is 1. The third kappa shape index (κ3) is 4.14. The number of nitrogens with zero attached hydrogens (tertiary/aromatic N) is 2. The lowest BCUT2D eigenvalue weighted by atomic mass is 10.3. The Morgan fingerprint density at radius 3 is 2.76 bits per heavy atom. The quantitative estimate of drug-likeness (QED) is 0.750. The number of hydrogen-bond acceptors (Lipinski definition) is 4. The molecule has 0 unspecified atom stereocenters. The van der Waals surface area contributed by atoms with Crippen LogP contribution in [0.25, 0.3) is 11.0 Å². The molecule has 0 bridgehead atoms. The topological polar surface area (TPSA) is 52.1 Å². The van der Waals surface area contributed by atoms with Gasteiger partial charge in [0.1, 0.15) is 5.82 Å². The zero-order valence-corrected chi connectivity index (χ0v) is 9.68. The Morgan fingerprint density at radius 1 is 1.41 bits per heavy atom. The Labute approximate surface area is 98.5 Å². The van der Waals surface area contributed by atoms with Crippen molar-refractivity contribution >= 4 is 17.5 Å². The fourth-order valence-electron chi connectivity index (χ4n) is 1.14. The highest BCUT2D eigenvalue weighted by Crippen LogP contribution is 2.10. The molecule has 0 amide bonds. The lowest BCUT2D eigenvalue weighted by molar-refractivity contribution is -0.128. The summed E-state index contributed by atoms with van der Waals surface area (Å²) < 4.78 is 16.8. The van der Waals surface area contributed by atoms with Gasteiger partial charge in [-0.05, 0) is 26.0 Å². The minimum absolute atomic E-state index is 0.277. The Hall–Kier alpha value is -2.04. The van der Waals surface area contributed by atoms with Crippen LogP contribution in [0.3, 0.4) is 0 Å². The van der Waals surface area contributed by atoms with Crippen LogP contribution >= 0.6 is 0 Å². The first-order valence-electron chi connectivity index (χ1n) is 5.11. The largest absolute Gasteiger partial charge is 0.468 e. The van der Waals surface area contributed by atoms with Gasteiger partial charge in [0.2, 0.25) is 0 Å². The Balaban J connectivity index is 0.000000249. The standard InChI is InChI=1S/C9H7FN2.C3H6O2/c1-6-5-11-9-4-7(10)2-3-8(9)12-6;1-2-5-3-4/h2-5H,1H3;3H,2H2,1H3. The van der Waals surface area contributed by atoms with Crippen LogP contribution in [0.15, 0.2) is 24.4 Å². The van der Waals surface area contributed by atoms with Crippen LogP contribution in [0, 0.1) is 12.7 Å². The summed E-state index contributed by atoms with van der Waals surface area (Å²) >= 11 is 0. The maximum absolute atomic E-state index is 12.7. The van der Waals surface area contributed by atoms with E-state index < -0.39 is 0 Å². The molecule has 2 rings (SSSR count). The number of hydrogen-bond donors (Lipinski definition) is 0. The van der Waals surface area contributed by atoms with Crippen LogP contribution in [0.4, 0.5) is 4.39 Å². The van der Waals surface area contributed by atoms with Crippen LogP contribution in [0.5, 0.6) is 0 Å². The Kier molecular flexibility index (Phi) is 5.00. The molecule has 0 saturated carbocycles. The fourth-order valence-corrected chi connectivity index (χ4v) is 1.14. The molecule has 2 aromatic rings. The Bertz CT molecular complexity index is 462. The molecule has 1 heterocycles. The minimum atomic E-state index is -0.277. The molecular weight excluding hydrogens is 223 g/mol. The van der Waals surface area contributed by atoms with E-state index >= 15 is 0 Å². The predicted molar refractivity (Wildman–Crippen MR) is 61.9 cm³/mol. The van der Waals surface area contributed by atoms with E-state index in [1.165, 1.54) is 12.1 Å². The van der Waals surface area contributed by atoms with Gasteiger partial charge in [-0.3, -0.25) is 9.78 Å². The first kappa shape index (κ1) is 13.0. The molecule has 0 radical (unpaired) electrons. The van der Waals surface area contributed by atoms with Gasteiger partial charge in [0.15, 0.2) is 0 Å². The molecule has 0 fully saturated rings. The number of fused-ring (bicyclic) bond motifs is 1. The molecule has 17 heavy (non-hydrogen) atoms. The third-order valence-corrected chi connectivity index (χ3v) is 1.86. The number of rotatable bonds is 2. The second kappa shape index (κ2) is 6.52. The van der Waals surface area contributed by atoms with Gasteiger partial charge in [-0.2, -0.15) is 0 Å². The van der Waals surface area contributed by atoms with E-state index in [-0.39, 0.29) is 5.82 Å². The molecule has 0 aliphatic rings. The molecule has 1 aromatic heterocycles. The summed E-state index contributed by atoms with van der Waals surface area (Å²) in [7, 11) is 0. The molecule has 1 aromatic carbocycles. The van der Waals surface area contributed by atoms with Crippen LogP contribution in [-0.4, -0.2) is 23.0 Å². The van der Waals surface area contributed by atoms with Gasteiger partial charge in [-0.1, -0.05) is 0 Å². The number of benzene rings is 1. The third-order valence-electron chi connectivity index (χ3n) is 1.86. The summed E-state index contributed by atoms with van der Waals surface area (Å²) in [6, 6.07) is 4.39. The number of carbonyl (C=O) groups is 1. The number of ether oxygens (including phenoxy) is 1. The van der Waals surface area contributed by atoms with Crippen molar-refractivity contribution in [3.63, 3.8) is 0 Å². The van der Waals surface area contributed by atoms with Crippen molar-refractivity contribution in [1.82, 2.24) is 9.97 Å². The fraction of sp³-hybridized carbons (Fsp3) is 0.250. The Morgan fingerprint density at radius 2 is 2.18 bits per heavy atom. The van der Waals surface area contributed by atoms with Gasteiger partial charge < -0.3 is 4.74 Å². The zero-order chi connectivity index (χ0) is 12.7. The van der Waals surface area contributed by atoms with Gasteiger partial charge >= 0.3 is 0 Å². The molecule has 0 atom stereocenters. The van der Waals surface area contributed by atoms with Crippen molar-refractivity contribution < 1.29 is 13.9 Å².